The monoisotopic (exact) mass is 422 g/mol. The van der Waals surface area contributed by atoms with Crippen molar-refractivity contribution in [1.29, 1.82) is 0 Å². The third-order valence-corrected chi connectivity index (χ3v) is 5.86. The molecule has 2 N–H and O–H groups in total. The predicted octanol–water partition coefficient (Wildman–Crippen LogP) is 2.56. The highest BCUT2D eigenvalue weighted by Crippen LogP contribution is 2.32. The first-order valence-corrected chi connectivity index (χ1v) is 10.9. The maximum absolute atomic E-state index is 12.6. The van der Waals surface area contributed by atoms with Gasteiger partial charge in [0.25, 0.3) is 0 Å². The van der Waals surface area contributed by atoms with Gasteiger partial charge in [-0.05, 0) is 48.4 Å². The molecule has 0 unspecified atom stereocenters. The van der Waals surface area contributed by atoms with Crippen molar-refractivity contribution in [2.75, 3.05) is 33.5 Å². The molecule has 0 saturated carbocycles. The van der Waals surface area contributed by atoms with Gasteiger partial charge in [0.1, 0.15) is 0 Å². The van der Waals surface area contributed by atoms with E-state index in [1.54, 1.807) is 7.05 Å². The van der Waals surface area contributed by atoms with E-state index in [1.807, 2.05) is 23.1 Å². The van der Waals surface area contributed by atoms with E-state index in [1.165, 1.54) is 5.56 Å². The SMILES string of the molecule is CN=C(NCC(=O)N1CCC(Cc2ccccc2)CC1)NCc1ccc2c(c1)OCO2. The molecule has 2 aromatic rings. The number of nitrogens with one attached hydrogen (secondary N) is 2. The Bertz CT molecular complexity index is 908. The molecule has 0 bridgehead atoms. The topological polar surface area (TPSA) is 75.2 Å². The smallest absolute Gasteiger partial charge is 0.241 e. The molecule has 2 heterocycles. The van der Waals surface area contributed by atoms with Gasteiger partial charge in [-0.2, -0.15) is 0 Å². The lowest BCUT2D eigenvalue weighted by atomic mass is 9.90. The summed E-state index contributed by atoms with van der Waals surface area (Å²) in [7, 11) is 1.70. The van der Waals surface area contributed by atoms with E-state index in [-0.39, 0.29) is 19.2 Å². The minimum absolute atomic E-state index is 0.115. The average molecular weight is 423 g/mol. The van der Waals surface area contributed by atoms with E-state index < -0.39 is 0 Å². The standard InChI is InChI=1S/C24H30N4O3/c1-25-24(26-15-20-7-8-21-22(14-20)31-17-30-21)27-16-23(29)28-11-9-19(10-12-28)13-18-5-3-2-4-6-18/h2-8,14,19H,9-13,15-17H2,1H3,(H2,25,26,27). The Morgan fingerprint density at radius 2 is 1.81 bits per heavy atom. The van der Waals surface area contributed by atoms with E-state index in [9.17, 15) is 4.79 Å². The molecule has 0 atom stereocenters. The lowest BCUT2D eigenvalue weighted by Gasteiger charge is -2.32. The highest BCUT2D eigenvalue weighted by atomic mass is 16.7. The molecule has 1 fully saturated rings. The van der Waals surface area contributed by atoms with Crippen LogP contribution in [0.1, 0.15) is 24.0 Å². The molecule has 0 radical (unpaired) electrons. The van der Waals surface area contributed by atoms with E-state index in [4.69, 9.17) is 9.47 Å². The first-order valence-electron chi connectivity index (χ1n) is 10.9. The van der Waals surface area contributed by atoms with Crippen LogP contribution in [0.4, 0.5) is 0 Å². The zero-order chi connectivity index (χ0) is 21.5. The molecule has 2 aromatic carbocycles. The van der Waals surface area contributed by atoms with Crippen LogP contribution in [-0.2, 0) is 17.8 Å². The highest BCUT2D eigenvalue weighted by molar-refractivity contribution is 5.86. The molecule has 1 saturated heterocycles. The number of hydrogen-bond acceptors (Lipinski definition) is 4. The van der Waals surface area contributed by atoms with Crippen LogP contribution >= 0.6 is 0 Å². The Hall–Kier alpha value is -3.22. The van der Waals surface area contributed by atoms with Gasteiger partial charge in [-0.3, -0.25) is 9.79 Å². The average Bonchev–Trinajstić information content (AvgIpc) is 3.28. The molecule has 164 valence electrons. The summed E-state index contributed by atoms with van der Waals surface area (Å²) in [6.07, 6.45) is 3.20. The van der Waals surface area contributed by atoms with Crippen molar-refractivity contribution in [3.63, 3.8) is 0 Å². The number of hydrogen-bond donors (Lipinski definition) is 2. The Morgan fingerprint density at radius 1 is 1.03 bits per heavy atom. The highest BCUT2D eigenvalue weighted by Gasteiger charge is 2.23. The van der Waals surface area contributed by atoms with E-state index in [0.29, 0.717) is 18.4 Å². The second-order valence-electron chi connectivity index (χ2n) is 7.98. The lowest BCUT2D eigenvalue weighted by Crippen LogP contribution is -2.46. The summed E-state index contributed by atoms with van der Waals surface area (Å²) in [6, 6.07) is 16.4. The van der Waals surface area contributed by atoms with Gasteiger partial charge in [0.05, 0.1) is 6.54 Å². The minimum Gasteiger partial charge on any atom is -0.454 e. The van der Waals surface area contributed by atoms with Crippen LogP contribution in [0.25, 0.3) is 0 Å². The number of guanidine groups is 1. The number of fused-ring (bicyclic) bond motifs is 1. The molecule has 7 nitrogen and oxygen atoms in total. The fourth-order valence-electron chi connectivity index (χ4n) is 4.06. The summed E-state index contributed by atoms with van der Waals surface area (Å²) in [4.78, 5) is 18.8. The zero-order valence-corrected chi connectivity index (χ0v) is 18.0. The van der Waals surface area contributed by atoms with Crippen LogP contribution in [-0.4, -0.2) is 50.2 Å². The molecule has 1 amide bonds. The fourth-order valence-corrected chi connectivity index (χ4v) is 4.06. The molecule has 0 spiro atoms. The predicted molar refractivity (Wildman–Crippen MR) is 120 cm³/mol. The molecule has 31 heavy (non-hydrogen) atoms. The van der Waals surface area contributed by atoms with Gasteiger partial charge in [0.2, 0.25) is 12.7 Å². The number of likely N-dealkylation sites (tertiary alicyclic amines) is 1. The first kappa shape index (κ1) is 21.0. The molecule has 2 aliphatic rings. The van der Waals surface area contributed by atoms with Crippen molar-refractivity contribution in [2.45, 2.75) is 25.8 Å². The molecule has 0 aromatic heterocycles. The maximum Gasteiger partial charge on any atom is 0.241 e. The Kier molecular flexibility index (Phi) is 6.92. The number of piperidine rings is 1. The van der Waals surface area contributed by atoms with Crippen molar-refractivity contribution in [2.24, 2.45) is 10.9 Å². The van der Waals surface area contributed by atoms with Crippen LogP contribution in [0.5, 0.6) is 11.5 Å². The zero-order valence-electron chi connectivity index (χ0n) is 18.0. The summed E-state index contributed by atoms with van der Waals surface area (Å²) in [6.45, 7) is 2.73. The second kappa shape index (κ2) is 10.2. The number of nitrogens with zero attached hydrogens (tertiary/aromatic N) is 2. The Labute approximate surface area is 183 Å². The summed E-state index contributed by atoms with van der Waals surface area (Å²) >= 11 is 0. The number of amides is 1. The molecule has 2 aliphatic heterocycles. The number of aliphatic imine (C=N–C) groups is 1. The van der Waals surface area contributed by atoms with Crippen molar-refractivity contribution in [3.05, 3.63) is 59.7 Å². The normalized spacial score (nSPS) is 16.3. The van der Waals surface area contributed by atoms with Gasteiger partial charge < -0.3 is 25.0 Å². The number of carbonyl (C=O) groups is 1. The van der Waals surface area contributed by atoms with Gasteiger partial charge in [0, 0.05) is 26.7 Å². The molecular formula is C24H30N4O3. The molecule has 7 heteroatoms. The number of benzene rings is 2. The maximum atomic E-state index is 12.6. The van der Waals surface area contributed by atoms with Crippen molar-refractivity contribution >= 4 is 11.9 Å². The Balaban J connectivity index is 1.18. The van der Waals surface area contributed by atoms with Gasteiger partial charge in [-0.1, -0.05) is 36.4 Å². The third-order valence-electron chi connectivity index (χ3n) is 5.86. The van der Waals surface area contributed by atoms with Crippen molar-refractivity contribution in [3.8, 4) is 11.5 Å². The molecule has 4 rings (SSSR count). The van der Waals surface area contributed by atoms with Gasteiger partial charge >= 0.3 is 0 Å². The molecular weight excluding hydrogens is 392 g/mol. The summed E-state index contributed by atoms with van der Waals surface area (Å²) in [5, 5.41) is 6.37. The number of carbonyl (C=O) groups excluding carboxylic acids is 1. The van der Waals surface area contributed by atoms with E-state index >= 15 is 0 Å². The van der Waals surface area contributed by atoms with Crippen LogP contribution in [0.15, 0.2) is 53.5 Å². The van der Waals surface area contributed by atoms with Crippen LogP contribution in [0.2, 0.25) is 0 Å². The van der Waals surface area contributed by atoms with Gasteiger partial charge in [-0.15, -0.1) is 0 Å². The van der Waals surface area contributed by atoms with Crippen molar-refractivity contribution in [1.82, 2.24) is 15.5 Å². The van der Waals surface area contributed by atoms with Crippen LogP contribution in [0.3, 0.4) is 0 Å². The third kappa shape index (κ3) is 5.69. The first-order chi connectivity index (χ1) is 15.2. The lowest BCUT2D eigenvalue weighted by molar-refractivity contribution is -0.131. The summed E-state index contributed by atoms with van der Waals surface area (Å²) in [5.74, 6) is 2.89. The van der Waals surface area contributed by atoms with Crippen LogP contribution in [0, 0.1) is 5.92 Å². The summed E-state index contributed by atoms with van der Waals surface area (Å²) in [5.41, 5.74) is 2.44. The van der Waals surface area contributed by atoms with E-state index in [2.05, 4.69) is 46.0 Å². The van der Waals surface area contributed by atoms with Gasteiger partial charge in [0.15, 0.2) is 17.5 Å². The number of rotatable bonds is 6. The quantitative estimate of drug-likeness (QED) is 0.553. The fraction of sp³-hybridized carbons (Fsp3) is 0.417. The Morgan fingerprint density at radius 3 is 2.58 bits per heavy atom. The van der Waals surface area contributed by atoms with E-state index in [0.717, 1.165) is 49.4 Å². The van der Waals surface area contributed by atoms with Crippen LogP contribution < -0.4 is 20.1 Å². The van der Waals surface area contributed by atoms with Gasteiger partial charge in [-0.25, -0.2) is 0 Å². The van der Waals surface area contributed by atoms with Crippen molar-refractivity contribution < 1.29 is 14.3 Å². The minimum atomic E-state index is 0.115. The number of ether oxygens (including phenoxy) is 2. The second-order valence-corrected chi connectivity index (χ2v) is 7.98. The molecule has 0 aliphatic carbocycles. The summed E-state index contributed by atoms with van der Waals surface area (Å²) < 4.78 is 10.8. The largest absolute Gasteiger partial charge is 0.454 e.